The van der Waals surface area contributed by atoms with Crippen molar-refractivity contribution in [2.24, 2.45) is 11.6 Å². The smallest absolute Gasteiger partial charge is 0.397 e. The molecule has 0 fully saturated rings. The number of rotatable bonds is 6. The predicted molar refractivity (Wildman–Crippen MR) is 91.3 cm³/mol. The first-order valence-corrected chi connectivity index (χ1v) is 7.44. The number of benzene rings is 2. The zero-order valence-corrected chi connectivity index (χ0v) is 13.3. The molecule has 0 saturated carbocycles. The van der Waals surface area contributed by atoms with Gasteiger partial charge in [-0.3, -0.25) is 0 Å². The Morgan fingerprint density at radius 1 is 1.12 bits per heavy atom. The van der Waals surface area contributed by atoms with Crippen molar-refractivity contribution >= 4 is 17.1 Å². The monoisotopic (exact) mass is 352 g/mol. The lowest BCUT2D eigenvalue weighted by Gasteiger charge is -2.16. The number of nitrogens with two attached hydrogens (primary N) is 2. The molecule has 0 heterocycles. The fourth-order valence-corrected chi connectivity index (χ4v) is 2.17. The van der Waals surface area contributed by atoms with Crippen LogP contribution < -0.4 is 16.9 Å². The molecule has 25 heavy (non-hydrogen) atoms. The Labute approximate surface area is 143 Å². The number of nitrogens with one attached hydrogen (secondary N) is 1. The lowest BCUT2D eigenvalue weighted by atomic mass is 10.1. The molecule has 0 radical (unpaired) electrons. The summed E-state index contributed by atoms with van der Waals surface area (Å²) in [6, 6.07) is 11.8. The van der Waals surface area contributed by atoms with Gasteiger partial charge in [0.25, 0.3) is 0 Å². The topological polar surface area (TPSA) is 87.5 Å². The molecule has 0 saturated heterocycles. The van der Waals surface area contributed by atoms with Crippen molar-refractivity contribution < 1.29 is 18.3 Å². The molecule has 2 rings (SSSR count). The highest BCUT2D eigenvalue weighted by Gasteiger charge is 2.29. The third kappa shape index (κ3) is 5.13. The highest BCUT2D eigenvalue weighted by molar-refractivity contribution is 5.77. The van der Waals surface area contributed by atoms with Crippen LogP contribution in [0, 0.1) is 0 Å². The molecule has 2 aromatic carbocycles. The average molecular weight is 352 g/mol. The number of para-hydroxylation sites is 1. The fourth-order valence-electron chi connectivity index (χ4n) is 2.17. The van der Waals surface area contributed by atoms with Crippen molar-refractivity contribution in [1.29, 1.82) is 0 Å². The summed E-state index contributed by atoms with van der Waals surface area (Å²) in [5, 5.41) is 13.2. The van der Waals surface area contributed by atoms with Crippen molar-refractivity contribution in [3.05, 3.63) is 65.9 Å². The Bertz CT molecular complexity index is 729. The highest BCUT2D eigenvalue weighted by Crippen LogP contribution is 2.31. The van der Waals surface area contributed by atoms with Gasteiger partial charge in [-0.15, -0.1) is 0 Å². The molecule has 0 aromatic heterocycles. The Hall–Kier alpha value is -2.71. The van der Waals surface area contributed by atoms with Crippen LogP contribution >= 0.6 is 0 Å². The first kappa shape index (κ1) is 18.6. The van der Waals surface area contributed by atoms with Gasteiger partial charge < -0.3 is 21.2 Å². The Morgan fingerprint density at radius 3 is 2.36 bits per heavy atom. The highest BCUT2D eigenvalue weighted by atomic mass is 19.4. The van der Waals surface area contributed by atoms with E-state index in [-0.39, 0.29) is 13.2 Å². The third-order valence-electron chi connectivity index (χ3n) is 3.39. The second kappa shape index (κ2) is 7.91. The van der Waals surface area contributed by atoms with Gasteiger partial charge in [0.1, 0.15) is 0 Å². The van der Waals surface area contributed by atoms with Gasteiger partial charge in [0, 0.05) is 23.1 Å². The van der Waals surface area contributed by atoms with Gasteiger partial charge in [0.2, 0.25) is 0 Å². The van der Waals surface area contributed by atoms with Crippen molar-refractivity contribution in [3.8, 4) is 0 Å². The lowest BCUT2D eigenvalue weighted by Crippen LogP contribution is -2.29. The molecule has 0 aliphatic rings. The summed E-state index contributed by atoms with van der Waals surface area (Å²) < 4.78 is 37.9. The van der Waals surface area contributed by atoms with Crippen LogP contribution in [-0.4, -0.2) is 23.3 Å². The molecule has 134 valence electrons. The molecule has 0 amide bonds. The molecule has 8 heteroatoms. The summed E-state index contributed by atoms with van der Waals surface area (Å²) in [5.74, 6) is 5.67. The summed E-state index contributed by atoms with van der Waals surface area (Å²) in [5.41, 5.74) is 7.42. The van der Waals surface area contributed by atoms with Crippen molar-refractivity contribution in [1.82, 2.24) is 5.01 Å². The van der Waals surface area contributed by atoms with E-state index in [1.165, 1.54) is 23.3 Å². The molecule has 5 nitrogen and oxygen atoms in total. The fraction of sp³-hybridized carbons (Fsp3) is 0.176. The lowest BCUT2D eigenvalue weighted by molar-refractivity contribution is -0.137. The van der Waals surface area contributed by atoms with E-state index in [1.807, 2.05) is 0 Å². The van der Waals surface area contributed by atoms with E-state index < -0.39 is 11.7 Å². The second-order valence-electron chi connectivity index (χ2n) is 5.29. The van der Waals surface area contributed by atoms with Crippen molar-refractivity contribution in [3.63, 3.8) is 0 Å². The minimum atomic E-state index is -4.37. The summed E-state index contributed by atoms with van der Waals surface area (Å²) in [7, 11) is 0. The third-order valence-corrected chi connectivity index (χ3v) is 3.39. The number of halogens is 3. The number of anilines is 2. The Balaban J connectivity index is 2.23. The van der Waals surface area contributed by atoms with Gasteiger partial charge in [-0.2, -0.15) is 13.2 Å². The molecule has 0 aliphatic heterocycles. The maximum atomic E-state index is 12.6. The van der Waals surface area contributed by atoms with Crippen LogP contribution in [-0.2, 0) is 6.18 Å². The number of hydrazine groups is 1. The van der Waals surface area contributed by atoms with E-state index in [0.29, 0.717) is 22.6 Å². The first-order valence-electron chi connectivity index (χ1n) is 7.44. The summed E-state index contributed by atoms with van der Waals surface area (Å²) >= 11 is 0. The Kier molecular flexibility index (Phi) is 5.89. The number of hydrogen-bond donors (Lipinski definition) is 4. The van der Waals surface area contributed by atoms with E-state index in [9.17, 15) is 13.2 Å². The van der Waals surface area contributed by atoms with Gasteiger partial charge in [-0.25, -0.2) is 5.84 Å². The summed E-state index contributed by atoms with van der Waals surface area (Å²) in [6.45, 7) is 0.0981. The number of hydrogen-bond acceptors (Lipinski definition) is 5. The minimum Gasteiger partial charge on any atom is -0.397 e. The van der Waals surface area contributed by atoms with Crippen LogP contribution in [0.2, 0.25) is 0 Å². The zero-order valence-electron chi connectivity index (χ0n) is 13.3. The van der Waals surface area contributed by atoms with Crippen molar-refractivity contribution in [2.75, 3.05) is 18.5 Å². The number of aliphatic hydroxyl groups excluding tert-OH is 1. The first-order chi connectivity index (χ1) is 11.8. The minimum absolute atomic E-state index is 0.119. The van der Waals surface area contributed by atoms with Crippen LogP contribution in [0.4, 0.5) is 24.5 Å². The maximum Gasteiger partial charge on any atom is 0.416 e. The largest absolute Gasteiger partial charge is 0.416 e. The zero-order chi connectivity index (χ0) is 18.4. The molecule has 0 atom stereocenters. The van der Waals surface area contributed by atoms with Gasteiger partial charge in [-0.05, 0) is 30.3 Å². The maximum absolute atomic E-state index is 12.6. The van der Waals surface area contributed by atoms with Crippen LogP contribution in [0.15, 0.2) is 54.7 Å². The molecule has 6 N–H and O–H groups in total. The van der Waals surface area contributed by atoms with Crippen LogP contribution in [0.25, 0.3) is 5.70 Å². The van der Waals surface area contributed by atoms with Gasteiger partial charge in [-0.1, -0.05) is 18.2 Å². The van der Waals surface area contributed by atoms with Crippen LogP contribution in [0.3, 0.4) is 0 Å². The van der Waals surface area contributed by atoms with E-state index in [1.54, 1.807) is 24.3 Å². The van der Waals surface area contributed by atoms with Crippen molar-refractivity contribution in [2.45, 2.75) is 6.18 Å². The molecule has 0 spiro atoms. The SMILES string of the molecule is N/C(=C\N(N)CCO)c1ccccc1Nc1ccc(C(F)(F)F)cc1. The number of nitrogens with zero attached hydrogens (tertiary/aromatic N) is 1. The van der Waals surface area contributed by atoms with Crippen LogP contribution in [0.1, 0.15) is 11.1 Å². The van der Waals surface area contributed by atoms with E-state index in [4.69, 9.17) is 16.7 Å². The van der Waals surface area contributed by atoms with E-state index in [2.05, 4.69) is 5.32 Å². The predicted octanol–water partition coefficient (Wildman–Crippen LogP) is 2.87. The second-order valence-corrected chi connectivity index (χ2v) is 5.29. The number of alkyl halides is 3. The Morgan fingerprint density at radius 2 is 1.76 bits per heavy atom. The summed E-state index contributed by atoms with van der Waals surface area (Å²) in [6.07, 6.45) is -2.90. The molecule has 0 bridgehead atoms. The quantitative estimate of drug-likeness (QED) is 0.474. The molecule has 2 aromatic rings. The molecule has 0 unspecified atom stereocenters. The normalized spacial score (nSPS) is 12.1. The number of aliphatic hydroxyl groups is 1. The molecule has 0 aliphatic carbocycles. The molecular formula is C17H19F3N4O. The summed E-state index contributed by atoms with van der Waals surface area (Å²) in [4.78, 5) is 0. The average Bonchev–Trinajstić information content (AvgIpc) is 2.55. The van der Waals surface area contributed by atoms with Crippen LogP contribution in [0.5, 0.6) is 0 Å². The van der Waals surface area contributed by atoms with Gasteiger partial charge >= 0.3 is 6.18 Å². The standard InChI is InChI=1S/C17H19F3N4O/c18-17(19,20)12-5-7-13(8-6-12)23-16-4-2-1-3-14(16)15(21)11-24(22)9-10-25/h1-8,11,23,25H,9-10,21-22H2/b15-11-. The molecular weight excluding hydrogens is 333 g/mol. The van der Waals surface area contributed by atoms with E-state index in [0.717, 1.165) is 12.1 Å². The van der Waals surface area contributed by atoms with Gasteiger partial charge in [0.05, 0.1) is 24.4 Å². The van der Waals surface area contributed by atoms with E-state index >= 15 is 0 Å². The van der Waals surface area contributed by atoms with Gasteiger partial charge in [0.15, 0.2) is 0 Å².